The minimum Gasteiger partial charge on any atom is -0.739 e. The number of nitrogen functional groups attached to an aromatic ring is 1. The van der Waals surface area contributed by atoms with E-state index in [1.807, 2.05) is 0 Å². The molecule has 0 amide bonds. The molecule has 0 radical (unpaired) electrons. The highest BCUT2D eigenvalue weighted by Gasteiger charge is 2.15. The first kappa shape index (κ1) is 16.9. The predicted molar refractivity (Wildman–Crippen MR) is 92.1 cm³/mol. The van der Waals surface area contributed by atoms with Gasteiger partial charge in [-0.25, -0.2) is 9.52 Å². The van der Waals surface area contributed by atoms with Crippen molar-refractivity contribution in [2.45, 2.75) is 0 Å². The van der Waals surface area contributed by atoms with Gasteiger partial charge in [-0.2, -0.15) is 0 Å². The summed E-state index contributed by atoms with van der Waals surface area (Å²) in [5.41, 5.74) is 6.38. The summed E-state index contributed by atoms with van der Waals surface area (Å²) < 4.78 is 6.32. The molecule has 0 saturated carbocycles. The highest BCUT2D eigenvalue weighted by molar-refractivity contribution is 5.72. The largest absolute Gasteiger partial charge is 0.739 e. The molecule has 0 aliphatic carbocycles. The van der Waals surface area contributed by atoms with E-state index < -0.39 is 5.76 Å². The molecule has 5 rings (SSSR count). The summed E-state index contributed by atoms with van der Waals surface area (Å²) in [5, 5.41) is 40.6. The van der Waals surface area contributed by atoms with Crippen molar-refractivity contribution in [1.29, 1.82) is 0 Å². The number of benzene rings is 2. The van der Waals surface area contributed by atoms with Crippen LogP contribution >= 0.6 is 0 Å². The third kappa shape index (κ3) is 2.72. The lowest BCUT2D eigenvalue weighted by atomic mass is 10.3. The van der Waals surface area contributed by atoms with Crippen LogP contribution in [0.1, 0.15) is 0 Å². The van der Waals surface area contributed by atoms with Gasteiger partial charge in [0.1, 0.15) is 0 Å². The van der Waals surface area contributed by atoms with E-state index in [1.54, 1.807) is 36.4 Å². The Morgan fingerprint density at radius 2 is 1.50 bits per heavy atom. The Morgan fingerprint density at radius 1 is 0.893 bits per heavy atom. The molecular weight excluding hydrogens is 372 g/mol. The van der Waals surface area contributed by atoms with Gasteiger partial charge in [0.15, 0.2) is 11.0 Å². The maximum atomic E-state index is 11.4. The number of aromatic nitrogens is 7. The number of rotatable bonds is 0. The third-order valence-corrected chi connectivity index (χ3v) is 3.74. The van der Waals surface area contributed by atoms with Crippen LogP contribution in [0.3, 0.4) is 0 Å². The first-order valence-electron chi connectivity index (χ1n) is 7.72. The number of anilines is 1. The number of fused-ring (bicyclic) bond motifs is 4. The van der Waals surface area contributed by atoms with Crippen LogP contribution in [0, 0.1) is 15.6 Å². The van der Waals surface area contributed by atoms with Gasteiger partial charge in [0, 0.05) is 17.0 Å². The van der Waals surface area contributed by atoms with Crippen molar-refractivity contribution in [2.24, 2.45) is 0 Å². The Kier molecular flexibility index (Phi) is 3.81. The van der Waals surface area contributed by atoms with Crippen molar-refractivity contribution >= 4 is 33.8 Å². The molecule has 2 N–H and O–H groups in total. The monoisotopic (exact) mass is 382 g/mol. The van der Waals surface area contributed by atoms with Crippen molar-refractivity contribution in [3.8, 4) is 0 Å². The summed E-state index contributed by atoms with van der Waals surface area (Å²) in [7, 11) is 0. The standard InChI is InChI=1S/C8H4N4O3.C7H6N4O2/c13-8-9-7-10-12(14)6-4-2-1-3-5(6)11(7)15-8;8-7-9-11(13)6-4-2-1-3-5(6)10(7)12/h1-4H;1-4H,(H2,8,9). The van der Waals surface area contributed by atoms with E-state index in [9.17, 15) is 20.4 Å². The minimum atomic E-state index is -0.779. The van der Waals surface area contributed by atoms with E-state index in [0.29, 0.717) is 25.5 Å². The van der Waals surface area contributed by atoms with E-state index >= 15 is 0 Å². The molecule has 0 bridgehead atoms. The maximum absolute atomic E-state index is 11.4. The second-order valence-corrected chi connectivity index (χ2v) is 5.44. The summed E-state index contributed by atoms with van der Waals surface area (Å²) >= 11 is 0. The second kappa shape index (κ2) is 6.31. The Morgan fingerprint density at radius 3 is 2.25 bits per heavy atom. The lowest BCUT2D eigenvalue weighted by Gasteiger charge is -2.05. The third-order valence-electron chi connectivity index (χ3n) is 3.74. The Bertz CT molecular complexity index is 1400. The molecule has 3 heterocycles. The van der Waals surface area contributed by atoms with E-state index in [0.717, 1.165) is 4.57 Å². The number of nitrogens with two attached hydrogens (primary N) is 1. The summed E-state index contributed by atoms with van der Waals surface area (Å²) in [6.07, 6.45) is 0. The predicted octanol–water partition coefficient (Wildman–Crippen LogP) is -1.45. The molecule has 140 valence electrons. The molecule has 13 heteroatoms. The van der Waals surface area contributed by atoms with Crippen molar-refractivity contribution in [3.63, 3.8) is 0 Å². The van der Waals surface area contributed by atoms with Gasteiger partial charge in [-0.05, 0) is 17.0 Å². The van der Waals surface area contributed by atoms with Crippen LogP contribution in [0.15, 0.2) is 57.8 Å². The van der Waals surface area contributed by atoms with Crippen LogP contribution in [-0.2, 0) is 0 Å². The number of hydrogen-bond donors (Lipinski definition) is 1. The molecule has 3 aromatic heterocycles. The molecule has 0 atom stereocenters. The highest BCUT2D eigenvalue weighted by atomic mass is 16.5. The fraction of sp³-hybridized carbons (Fsp3) is 0. The fourth-order valence-electron chi connectivity index (χ4n) is 2.53. The quantitative estimate of drug-likeness (QED) is 0.247. The Hall–Kier alpha value is -4.55. The van der Waals surface area contributed by atoms with Gasteiger partial charge in [0.25, 0.3) is 11.0 Å². The number of para-hydroxylation sites is 4. The van der Waals surface area contributed by atoms with Crippen LogP contribution in [0.4, 0.5) is 5.95 Å². The van der Waals surface area contributed by atoms with Crippen molar-refractivity contribution in [2.75, 3.05) is 5.73 Å². The van der Waals surface area contributed by atoms with Gasteiger partial charge in [0.05, 0.1) is 5.10 Å². The minimum absolute atomic E-state index is 0.0475. The van der Waals surface area contributed by atoms with E-state index in [-0.39, 0.29) is 22.8 Å². The molecule has 0 aliphatic heterocycles. The molecule has 0 aliphatic rings. The molecule has 2 aromatic carbocycles. The molecular formula is C15H10N8O5. The van der Waals surface area contributed by atoms with Gasteiger partial charge in [0.2, 0.25) is 5.10 Å². The first-order valence-corrected chi connectivity index (χ1v) is 7.72. The van der Waals surface area contributed by atoms with Crippen molar-refractivity contribution in [3.05, 3.63) is 74.7 Å². The molecule has 13 nitrogen and oxygen atoms in total. The first-order chi connectivity index (χ1) is 13.5. The van der Waals surface area contributed by atoms with Crippen molar-refractivity contribution in [1.82, 2.24) is 19.8 Å². The average molecular weight is 382 g/mol. The topological polar surface area (TPSA) is 180 Å². The molecule has 0 spiro atoms. The zero-order chi connectivity index (χ0) is 19.8. The van der Waals surface area contributed by atoms with E-state index in [4.69, 9.17) is 10.3 Å². The van der Waals surface area contributed by atoms with Crippen molar-refractivity contribution < 1.29 is 18.9 Å². The average Bonchev–Trinajstić information content (AvgIpc) is 3.07. The Labute approximate surface area is 153 Å². The molecule has 28 heavy (non-hydrogen) atoms. The fourth-order valence-corrected chi connectivity index (χ4v) is 2.53. The van der Waals surface area contributed by atoms with Gasteiger partial charge in [-0.15, -0.1) is 9.56 Å². The molecule has 0 saturated heterocycles. The van der Waals surface area contributed by atoms with Gasteiger partial charge in [-0.1, -0.05) is 24.3 Å². The lowest BCUT2D eigenvalue weighted by molar-refractivity contribution is -0.672. The van der Waals surface area contributed by atoms with Crippen LogP contribution in [0.5, 0.6) is 0 Å². The SMILES string of the molecule is Nc1n[n+]([O-])c2ccccc2[n+]1[O-].O=c1nc2n[n+]([O-])c3ccccc3n2o1. The van der Waals surface area contributed by atoms with E-state index in [2.05, 4.69) is 15.2 Å². The zero-order valence-electron chi connectivity index (χ0n) is 13.9. The van der Waals surface area contributed by atoms with Gasteiger partial charge < -0.3 is 20.1 Å². The van der Waals surface area contributed by atoms with E-state index in [1.165, 1.54) is 12.1 Å². The van der Waals surface area contributed by atoms with Crippen LogP contribution < -0.4 is 25.9 Å². The normalized spacial score (nSPS) is 10.9. The van der Waals surface area contributed by atoms with Crippen LogP contribution in [-0.4, -0.2) is 19.8 Å². The molecule has 0 fully saturated rings. The summed E-state index contributed by atoms with van der Waals surface area (Å²) in [6, 6.07) is 12.9. The number of nitrogens with zero attached hydrogens (tertiary/aromatic N) is 7. The van der Waals surface area contributed by atoms with Gasteiger partial charge >= 0.3 is 17.5 Å². The highest BCUT2D eigenvalue weighted by Crippen LogP contribution is 2.08. The molecule has 0 unspecified atom stereocenters. The Balaban J connectivity index is 0.000000139. The van der Waals surface area contributed by atoms with Crippen LogP contribution in [0.2, 0.25) is 0 Å². The summed E-state index contributed by atoms with van der Waals surface area (Å²) in [4.78, 5) is 15.1. The van der Waals surface area contributed by atoms with Gasteiger partial charge in [-0.3, -0.25) is 5.73 Å². The van der Waals surface area contributed by atoms with Crippen LogP contribution in [0.25, 0.3) is 27.8 Å². The summed E-state index contributed by atoms with van der Waals surface area (Å²) in [6.45, 7) is 0. The zero-order valence-corrected chi connectivity index (χ0v) is 13.9. The number of hydrogen-bond acceptors (Lipinski definition) is 9. The smallest absolute Gasteiger partial charge is 0.462 e. The second-order valence-electron chi connectivity index (χ2n) is 5.44. The molecule has 5 aromatic rings. The maximum Gasteiger partial charge on any atom is 0.462 e. The summed E-state index contributed by atoms with van der Waals surface area (Å²) in [5.74, 6) is -1.18. The lowest BCUT2D eigenvalue weighted by Crippen LogP contribution is -2.44.